The molecule has 635 valence electrons. The Morgan fingerprint density at radius 1 is 0.366 bits per heavy atom. The number of hydrogen-bond acceptors (Lipinski definition) is 10. The van der Waals surface area contributed by atoms with Crippen molar-refractivity contribution in [1.82, 2.24) is 26.6 Å². The second-order valence-electron chi connectivity index (χ2n) is 19.2. The van der Waals surface area contributed by atoms with Crippen molar-refractivity contribution in [2.75, 3.05) is 18.8 Å². The molecule has 5 heterocycles. The summed E-state index contributed by atoms with van der Waals surface area (Å²) in [7, 11) is 0.628. The number of nitrogen functional groups attached to an aromatic ring is 1. The van der Waals surface area contributed by atoms with E-state index < -0.39 is 10.8 Å². The van der Waals surface area contributed by atoms with Gasteiger partial charge in [0.1, 0.15) is 0 Å². The summed E-state index contributed by atoms with van der Waals surface area (Å²) in [4.78, 5) is 89.3. The van der Waals surface area contributed by atoms with Gasteiger partial charge in [-0.2, -0.15) is 0 Å². The zero-order valence-electron chi connectivity index (χ0n) is 68.7. The van der Waals surface area contributed by atoms with E-state index >= 15 is 0 Å². The van der Waals surface area contributed by atoms with Crippen LogP contribution in [0.5, 0.6) is 0 Å². The van der Waals surface area contributed by atoms with Crippen molar-refractivity contribution in [3.63, 3.8) is 0 Å². The number of imide groups is 4. The topological polar surface area (TPSA) is 223 Å². The van der Waals surface area contributed by atoms with Gasteiger partial charge in [0.15, 0.2) is 0 Å². The first-order valence-corrected chi connectivity index (χ1v) is 79.8. The normalized spacial score (nSPS) is 18.1. The van der Waals surface area contributed by atoms with Gasteiger partial charge in [-0.1, -0.05) is 351 Å². The Morgan fingerprint density at radius 2 is 0.598 bits per heavy atom. The molecule has 0 spiro atoms. The van der Waals surface area contributed by atoms with Crippen LogP contribution in [0.15, 0.2) is 194 Å². The third kappa shape index (κ3) is 51.2. The van der Waals surface area contributed by atoms with Gasteiger partial charge in [0, 0.05) is 67.0 Å². The van der Waals surface area contributed by atoms with E-state index in [0.717, 1.165) is 33.9 Å². The number of nitrogens with two attached hydrogens (primary N) is 1. The van der Waals surface area contributed by atoms with Crippen LogP contribution >= 0.6 is 197 Å². The Balaban J connectivity index is -0.000000129. The SMILES string of the molecule is C.C.CC.CC.CC.CC.CC.CC.CC.CC.CC.CC.CC.CC.II.Nc1ccccc1.O=C1C=C(c2ccccc2)C(=O)N1.O=C1C=C(c2ccccc2)C(=O)N1.O=C1NC(=O)C2(c3ccccc3)CC12.O=C1NC(=O)C2(c3ccccc3)CC12.[I][V]([I])[I].[I][V]([I])[I].[I][V][I].c1ccc(C23CNCC2C3)cc1. The fraction of sp³-hybridized carbons (Fsp3) is 0.435. The van der Waals surface area contributed by atoms with Crippen LogP contribution in [0, 0.1) is 17.8 Å². The summed E-state index contributed by atoms with van der Waals surface area (Å²) in [6.07, 6.45) is 5.41. The van der Waals surface area contributed by atoms with Gasteiger partial charge in [-0.15, -0.1) is 0 Å². The second-order valence-corrected chi connectivity index (χ2v) is 102. The van der Waals surface area contributed by atoms with Crippen molar-refractivity contribution >= 4 is 261 Å². The number of benzene rings is 6. The van der Waals surface area contributed by atoms with Crippen LogP contribution in [-0.4, -0.2) is 60.3 Å². The largest absolute Gasteiger partial charge is 0.316 e. The first-order valence-electron chi connectivity index (χ1n) is 37.5. The van der Waals surface area contributed by atoms with E-state index in [2.05, 4.69) is 254 Å². The number of rotatable bonds is 5. The molecule has 6 aromatic carbocycles. The predicted octanol–water partition coefficient (Wildman–Crippen LogP) is 27.9. The number of halogens is 10. The molecule has 112 heavy (non-hydrogen) atoms. The Bertz CT molecular complexity index is 3180. The minimum atomic E-state index is -0.516. The van der Waals surface area contributed by atoms with E-state index in [4.69, 9.17) is 5.73 Å². The van der Waals surface area contributed by atoms with E-state index in [1.165, 1.54) is 31.7 Å². The maximum absolute atomic E-state index is 11.6. The van der Waals surface area contributed by atoms with E-state index in [1.807, 2.05) is 294 Å². The van der Waals surface area contributed by atoms with Crippen molar-refractivity contribution in [1.29, 1.82) is 0 Å². The van der Waals surface area contributed by atoms with Gasteiger partial charge >= 0.3 is 179 Å². The van der Waals surface area contributed by atoms with Crippen molar-refractivity contribution in [3.8, 4) is 0 Å². The first kappa shape index (κ1) is 133. The molecule has 6 atom stereocenters. The molecule has 3 aliphatic carbocycles. The van der Waals surface area contributed by atoms with Crippen molar-refractivity contribution < 1.29 is 57.7 Å². The number of carbonyl (C=O) groups is 8. The smallest absolute Gasteiger partial charge is 0.0122 e. The minimum Gasteiger partial charge on any atom is -0.316 e. The van der Waals surface area contributed by atoms with Crippen LogP contribution in [0.2, 0.25) is 0 Å². The molecule has 6 aromatic rings. The van der Waals surface area contributed by atoms with Crippen LogP contribution < -0.4 is 32.3 Å². The molecule has 14 nitrogen and oxygen atoms in total. The number of anilines is 1. The van der Waals surface area contributed by atoms with Crippen LogP contribution in [0.1, 0.15) is 228 Å². The molecule has 6 unspecified atom stereocenters. The van der Waals surface area contributed by atoms with E-state index in [-0.39, 0.29) is 83.8 Å². The molecule has 3 saturated heterocycles. The van der Waals surface area contributed by atoms with Gasteiger partial charge < -0.3 is 11.1 Å². The number of piperidine rings is 3. The molecule has 0 radical (unpaired) electrons. The molecule has 6 fully saturated rings. The van der Waals surface area contributed by atoms with Crippen LogP contribution in [-0.2, 0) is 73.9 Å². The average molecular weight is 2790 g/mol. The zero-order chi connectivity index (χ0) is 87.0. The van der Waals surface area contributed by atoms with Crippen molar-refractivity contribution in [2.24, 2.45) is 17.8 Å². The molecule has 0 aromatic heterocycles. The van der Waals surface area contributed by atoms with Gasteiger partial charge in [0.25, 0.3) is 23.6 Å². The molecule has 0 bridgehead atoms. The predicted molar refractivity (Wildman–Crippen MR) is 564 cm³/mol. The summed E-state index contributed by atoms with van der Waals surface area (Å²) in [5.74, 6) is -1.11. The maximum Gasteiger partial charge on any atom is 0.0122 e. The summed E-state index contributed by atoms with van der Waals surface area (Å²) in [5, 5.41) is 12.6. The van der Waals surface area contributed by atoms with Gasteiger partial charge in [-0.05, 0) is 71.7 Å². The van der Waals surface area contributed by atoms with Crippen molar-refractivity contribution in [2.45, 2.75) is 217 Å². The second kappa shape index (κ2) is 87.5. The first-order chi connectivity index (χ1) is 53.2. The zero-order valence-corrected chi connectivity index (χ0v) is 94.5. The van der Waals surface area contributed by atoms with E-state index in [0.29, 0.717) is 38.9 Å². The molecule has 3 saturated carbocycles. The Morgan fingerprint density at radius 3 is 0.768 bits per heavy atom. The summed E-state index contributed by atoms with van der Waals surface area (Å²) in [6.45, 7) is 50.4. The Hall–Kier alpha value is 0.173. The molecule has 14 rings (SSSR count). The van der Waals surface area contributed by atoms with E-state index in [1.54, 1.807) is 29.8 Å². The molecule has 8 aliphatic rings. The Kier molecular flexibility index (Phi) is 104. The number of carbonyl (C=O) groups excluding carboxylic acids is 8. The quantitative estimate of drug-likeness (QED) is 0.0544. The molecule has 8 amide bonds. The minimum absolute atomic E-state index is 0. The summed E-state index contributed by atoms with van der Waals surface area (Å²) >= 11 is 23.8. The molecular formula is C85H132I10N6O8V3. The van der Waals surface area contributed by atoms with Gasteiger partial charge in [0.2, 0.25) is 23.6 Å². The molecule has 27 heteroatoms. The number of fused-ring (bicyclic) bond motifs is 3. The number of hydrogen-bond donors (Lipinski definition) is 6. The van der Waals surface area contributed by atoms with Crippen molar-refractivity contribution in [3.05, 3.63) is 222 Å². The fourth-order valence-electron chi connectivity index (χ4n) is 10.2. The third-order valence-corrected chi connectivity index (χ3v) is 14.3. The standard InChI is InChI=1S/2C11H9NO2.C11H13N.2C10H7NO2.C6H7N.12C2H6.2CH4.I2.8HI.3V/c2*13-9-8-6-11(8,10(14)12-9)7-4-2-1-3-5-7;1-2-4-9(5-3-1)11-6-10(11)7-12-8-11;2*12-9-6-8(10(13)11-9)7-4-2-1-3-5-7;7-6-4-2-1-3-5-6;12*1-2;;;1-2;;;;;;;;;;;/h2*1-5,8H,6H2,(H,12,13,14);1-5,10,12H,6-8H2;2*1-6H,(H,11,12,13);1-5H,7H2;12*1-2H3;2*1H4;;8*1H;;;/q;;;;;;;;;;;;;;;;;;;;;;;;;;;;;+2;2*+3/p-8. The third-order valence-electron chi connectivity index (χ3n) is 14.3. The number of amides is 8. The molecular weight excluding hydrogens is 2650 g/mol. The van der Waals surface area contributed by atoms with Gasteiger partial charge in [-0.25, -0.2) is 0 Å². The summed E-state index contributed by atoms with van der Waals surface area (Å²) in [6, 6.07) is 57.7. The summed E-state index contributed by atoms with van der Waals surface area (Å²) in [5.41, 5.74) is 11.6. The van der Waals surface area contributed by atoms with Crippen LogP contribution in [0.25, 0.3) is 11.1 Å². The van der Waals surface area contributed by atoms with Crippen LogP contribution in [0.3, 0.4) is 0 Å². The number of para-hydroxylation sites is 1. The van der Waals surface area contributed by atoms with Gasteiger partial charge in [-0.3, -0.25) is 59.6 Å². The Labute approximate surface area is 807 Å². The monoisotopic (exact) mass is 2790 g/mol. The average Bonchev–Trinajstić information content (AvgIpc) is 1.54. The fourth-order valence-corrected chi connectivity index (χ4v) is 10.2. The van der Waals surface area contributed by atoms with E-state index in [9.17, 15) is 38.4 Å². The molecule has 5 aliphatic heterocycles. The maximum atomic E-state index is 11.6. The number of nitrogens with one attached hydrogen (secondary N) is 5. The van der Waals surface area contributed by atoms with Crippen LogP contribution in [0.4, 0.5) is 5.69 Å². The summed E-state index contributed by atoms with van der Waals surface area (Å²) < 4.78 is 0. The van der Waals surface area contributed by atoms with Gasteiger partial charge in [0.05, 0.1) is 33.8 Å². The molecule has 7 N–H and O–H groups in total.